The number of thiazole rings is 1. The molecule has 0 N–H and O–H groups in total. The maximum Gasteiger partial charge on any atom is 0.345 e. The van der Waals surface area contributed by atoms with E-state index in [2.05, 4.69) is 17.6 Å². The molecular weight excluding hydrogens is 238 g/mol. The summed E-state index contributed by atoms with van der Waals surface area (Å²) in [6.45, 7) is 0.465. The fraction of sp³-hybridized carbons (Fsp3) is 0.429. The summed E-state index contributed by atoms with van der Waals surface area (Å²) in [6.07, 6.45) is 1.52. The summed E-state index contributed by atoms with van der Waals surface area (Å²) in [7, 11) is 0. The lowest BCUT2D eigenvalue weighted by atomic mass is 10.4. The Kier molecular flexibility index (Phi) is 2.61. The monoisotopic (exact) mass is 245 g/mol. The van der Waals surface area contributed by atoms with Crippen LogP contribution >= 0.6 is 24.0 Å². The molecule has 1 aliphatic heterocycles. The van der Waals surface area contributed by atoms with Crippen LogP contribution in [0.4, 0.5) is 10.1 Å². The maximum atomic E-state index is 11.4. The SMILES string of the molecule is O=C1CC(S)CN1c1ncc([N+](=O)[O-])s1. The van der Waals surface area contributed by atoms with Gasteiger partial charge in [-0.1, -0.05) is 0 Å². The van der Waals surface area contributed by atoms with E-state index in [0.717, 1.165) is 11.3 Å². The van der Waals surface area contributed by atoms with Gasteiger partial charge >= 0.3 is 5.00 Å². The largest absolute Gasteiger partial charge is 0.345 e. The maximum absolute atomic E-state index is 11.4. The van der Waals surface area contributed by atoms with Gasteiger partial charge < -0.3 is 0 Å². The lowest BCUT2D eigenvalue weighted by Crippen LogP contribution is -2.24. The third kappa shape index (κ3) is 1.95. The molecule has 0 bridgehead atoms. The average Bonchev–Trinajstić information content (AvgIpc) is 2.71. The number of nitro groups is 1. The van der Waals surface area contributed by atoms with Crippen LogP contribution in [0.1, 0.15) is 6.42 Å². The predicted octanol–water partition coefficient (Wildman–Crippen LogP) is 1.09. The zero-order valence-electron chi connectivity index (χ0n) is 7.49. The number of hydrogen-bond donors (Lipinski definition) is 1. The molecular formula is C7H7N3O3S2. The van der Waals surface area contributed by atoms with Crippen molar-refractivity contribution in [3.05, 3.63) is 16.3 Å². The highest BCUT2D eigenvalue weighted by Crippen LogP contribution is 2.31. The second-order valence-corrected chi connectivity index (χ2v) is 4.82. The Balaban J connectivity index is 2.23. The molecule has 2 rings (SSSR count). The van der Waals surface area contributed by atoms with Crippen LogP contribution in [0.2, 0.25) is 0 Å². The van der Waals surface area contributed by atoms with Crippen molar-refractivity contribution in [1.29, 1.82) is 0 Å². The van der Waals surface area contributed by atoms with E-state index in [1.54, 1.807) is 0 Å². The van der Waals surface area contributed by atoms with Gasteiger partial charge in [0.25, 0.3) is 0 Å². The number of carbonyl (C=O) groups excluding carboxylic acids is 1. The van der Waals surface area contributed by atoms with E-state index >= 15 is 0 Å². The molecule has 1 aliphatic rings. The number of carbonyl (C=O) groups is 1. The molecule has 8 heteroatoms. The molecule has 6 nitrogen and oxygen atoms in total. The third-order valence-electron chi connectivity index (χ3n) is 2.00. The van der Waals surface area contributed by atoms with Crippen LogP contribution in [0.5, 0.6) is 0 Å². The van der Waals surface area contributed by atoms with Gasteiger partial charge in [-0.15, -0.1) is 0 Å². The number of anilines is 1. The molecule has 0 aromatic carbocycles. The molecule has 15 heavy (non-hydrogen) atoms. The molecule has 2 heterocycles. The van der Waals surface area contributed by atoms with Crippen LogP contribution in [-0.4, -0.2) is 27.6 Å². The number of nitrogens with zero attached hydrogens (tertiary/aromatic N) is 3. The van der Waals surface area contributed by atoms with Crippen molar-refractivity contribution >= 4 is 40.0 Å². The molecule has 0 aliphatic carbocycles. The number of hydrogen-bond acceptors (Lipinski definition) is 6. The minimum atomic E-state index is -0.514. The molecule has 80 valence electrons. The van der Waals surface area contributed by atoms with Gasteiger partial charge in [-0.05, 0) is 11.3 Å². The zero-order chi connectivity index (χ0) is 11.0. The number of amides is 1. The van der Waals surface area contributed by atoms with Gasteiger partial charge in [0.1, 0.15) is 6.20 Å². The summed E-state index contributed by atoms with van der Waals surface area (Å²) in [6, 6.07) is 0. The first-order valence-corrected chi connectivity index (χ1v) is 5.50. The van der Waals surface area contributed by atoms with E-state index in [-0.39, 0.29) is 16.2 Å². The number of rotatable bonds is 2. The highest BCUT2D eigenvalue weighted by Gasteiger charge is 2.31. The van der Waals surface area contributed by atoms with Crippen molar-refractivity contribution in [2.75, 3.05) is 11.4 Å². The lowest BCUT2D eigenvalue weighted by Gasteiger charge is -2.10. The Morgan fingerprint density at radius 1 is 1.73 bits per heavy atom. The van der Waals surface area contributed by atoms with Crippen LogP contribution in [0, 0.1) is 10.1 Å². The molecule has 0 radical (unpaired) electrons. The zero-order valence-corrected chi connectivity index (χ0v) is 9.20. The fourth-order valence-corrected chi connectivity index (χ4v) is 2.42. The molecule has 1 aromatic heterocycles. The van der Waals surface area contributed by atoms with E-state index in [9.17, 15) is 14.9 Å². The van der Waals surface area contributed by atoms with Crippen LogP contribution in [0.3, 0.4) is 0 Å². The molecule has 1 fully saturated rings. The highest BCUT2D eigenvalue weighted by molar-refractivity contribution is 7.81. The van der Waals surface area contributed by atoms with Crippen LogP contribution in [0.25, 0.3) is 0 Å². The van der Waals surface area contributed by atoms with Gasteiger partial charge in [-0.25, -0.2) is 4.98 Å². The van der Waals surface area contributed by atoms with Gasteiger partial charge in [-0.2, -0.15) is 12.6 Å². The standard InChI is InChI=1S/C7H7N3O3S2/c11-5-1-4(14)3-9(5)7-8-2-6(15-7)10(12)13/h2,4,14H,1,3H2. The van der Waals surface area contributed by atoms with E-state index in [1.807, 2.05) is 0 Å². The Morgan fingerprint density at radius 2 is 2.47 bits per heavy atom. The van der Waals surface area contributed by atoms with Crippen LogP contribution in [-0.2, 0) is 4.79 Å². The van der Waals surface area contributed by atoms with Crippen molar-refractivity contribution in [3.63, 3.8) is 0 Å². The normalized spacial score (nSPS) is 21.0. The summed E-state index contributed by atoms with van der Waals surface area (Å²) in [5, 5.41) is 10.7. The minimum absolute atomic E-state index is 0.0135. The van der Waals surface area contributed by atoms with E-state index in [4.69, 9.17) is 0 Å². The third-order valence-corrected chi connectivity index (χ3v) is 3.31. The molecule has 1 aromatic rings. The van der Waals surface area contributed by atoms with Gasteiger partial charge in [0.2, 0.25) is 5.91 Å². The molecule has 1 saturated heterocycles. The Labute approximate surface area is 94.5 Å². The summed E-state index contributed by atoms with van der Waals surface area (Å²) in [4.78, 5) is 26.6. The topological polar surface area (TPSA) is 76.3 Å². The van der Waals surface area contributed by atoms with E-state index in [0.29, 0.717) is 18.1 Å². The fourth-order valence-electron chi connectivity index (χ4n) is 1.34. The van der Waals surface area contributed by atoms with E-state index < -0.39 is 4.92 Å². The summed E-state index contributed by atoms with van der Waals surface area (Å²) < 4.78 is 0. The van der Waals surface area contributed by atoms with Crippen molar-refractivity contribution in [1.82, 2.24) is 4.98 Å². The van der Waals surface area contributed by atoms with Gasteiger partial charge in [-0.3, -0.25) is 19.8 Å². The van der Waals surface area contributed by atoms with Crippen LogP contribution < -0.4 is 4.90 Å². The highest BCUT2D eigenvalue weighted by atomic mass is 32.1. The number of aromatic nitrogens is 1. The molecule has 0 saturated carbocycles. The predicted molar refractivity (Wildman–Crippen MR) is 58.5 cm³/mol. The van der Waals surface area contributed by atoms with Crippen molar-refractivity contribution in [2.45, 2.75) is 11.7 Å². The van der Waals surface area contributed by atoms with Crippen molar-refractivity contribution < 1.29 is 9.72 Å². The Morgan fingerprint density at radius 3 is 2.93 bits per heavy atom. The summed E-state index contributed by atoms with van der Waals surface area (Å²) in [5.41, 5.74) is 0. The molecule has 1 atom stereocenters. The van der Waals surface area contributed by atoms with E-state index in [1.165, 1.54) is 11.1 Å². The molecule has 1 amide bonds. The first-order chi connectivity index (χ1) is 7.08. The minimum Gasteiger partial charge on any atom is -0.287 e. The van der Waals surface area contributed by atoms with Gasteiger partial charge in [0.15, 0.2) is 5.13 Å². The quantitative estimate of drug-likeness (QED) is 0.480. The first-order valence-electron chi connectivity index (χ1n) is 4.16. The second kappa shape index (κ2) is 3.78. The second-order valence-electron chi connectivity index (χ2n) is 3.10. The molecule has 1 unspecified atom stereocenters. The van der Waals surface area contributed by atoms with Gasteiger partial charge in [0, 0.05) is 18.2 Å². The Hall–Kier alpha value is -1.15. The first kappa shape index (κ1) is 10.4. The Bertz CT molecular complexity index is 419. The number of thiol groups is 1. The summed E-state index contributed by atoms with van der Waals surface area (Å²) >= 11 is 5.09. The lowest BCUT2D eigenvalue weighted by molar-refractivity contribution is -0.380. The summed E-state index contributed by atoms with van der Waals surface area (Å²) in [5.74, 6) is -0.0840. The smallest absolute Gasteiger partial charge is 0.287 e. The van der Waals surface area contributed by atoms with Crippen LogP contribution in [0.15, 0.2) is 6.20 Å². The molecule has 0 spiro atoms. The average molecular weight is 245 g/mol. The van der Waals surface area contributed by atoms with Crippen molar-refractivity contribution in [3.8, 4) is 0 Å². The van der Waals surface area contributed by atoms with Gasteiger partial charge in [0.05, 0.1) is 4.92 Å². The van der Waals surface area contributed by atoms with Crippen molar-refractivity contribution in [2.24, 2.45) is 0 Å².